The highest BCUT2D eigenvalue weighted by Gasteiger charge is 2.21. The molecule has 0 unspecified atom stereocenters. The number of benzene rings is 2. The molecule has 5 nitrogen and oxygen atoms in total. The molecule has 0 radical (unpaired) electrons. The largest absolute Gasteiger partial charge is 0.346 e. The van der Waals surface area contributed by atoms with Gasteiger partial charge in [0.25, 0.3) is 0 Å². The minimum atomic E-state index is -3.47. The molecule has 1 N–H and O–H groups in total. The van der Waals surface area contributed by atoms with E-state index in [2.05, 4.69) is 5.32 Å². The zero-order chi connectivity index (χ0) is 20.7. The number of rotatable bonds is 8. The minimum Gasteiger partial charge on any atom is -0.346 e. The van der Waals surface area contributed by atoms with Gasteiger partial charge in [0.1, 0.15) is 0 Å². The average molecular weight is 401 g/mol. The fourth-order valence-electron chi connectivity index (χ4n) is 2.93. The van der Waals surface area contributed by atoms with Crippen molar-refractivity contribution in [1.29, 1.82) is 0 Å². The second-order valence-electron chi connectivity index (χ2n) is 6.64. The number of sulfonamides is 1. The van der Waals surface area contributed by atoms with Crippen molar-refractivity contribution in [1.82, 2.24) is 9.62 Å². The average Bonchev–Trinajstić information content (AvgIpc) is 2.67. The molecule has 150 valence electrons. The maximum absolute atomic E-state index is 12.5. The summed E-state index contributed by atoms with van der Waals surface area (Å²) in [5.74, 6) is -0.200. The number of amides is 1. The van der Waals surface area contributed by atoms with Crippen LogP contribution in [0, 0.1) is 6.92 Å². The Hall–Kier alpha value is -2.44. The molecule has 0 aliphatic heterocycles. The monoisotopic (exact) mass is 400 g/mol. The Morgan fingerprint density at radius 3 is 2.32 bits per heavy atom. The Morgan fingerprint density at radius 2 is 1.75 bits per heavy atom. The van der Waals surface area contributed by atoms with Gasteiger partial charge in [-0.2, -0.15) is 4.31 Å². The molecule has 0 bridgehead atoms. The molecule has 1 atom stereocenters. The summed E-state index contributed by atoms with van der Waals surface area (Å²) in [7, 11) is -3.47. The van der Waals surface area contributed by atoms with Gasteiger partial charge in [0, 0.05) is 19.2 Å². The molecule has 2 aromatic carbocycles. The molecule has 2 aromatic rings. The van der Waals surface area contributed by atoms with Gasteiger partial charge in [0.05, 0.1) is 10.9 Å². The van der Waals surface area contributed by atoms with Crippen molar-refractivity contribution in [2.45, 2.75) is 38.6 Å². The van der Waals surface area contributed by atoms with Crippen LogP contribution in [0.5, 0.6) is 0 Å². The summed E-state index contributed by atoms with van der Waals surface area (Å²) in [6, 6.07) is 14.3. The molecule has 1 amide bonds. The molecule has 0 saturated heterocycles. The van der Waals surface area contributed by atoms with Crippen molar-refractivity contribution in [3.05, 3.63) is 71.3 Å². The molecule has 0 saturated carbocycles. The Kier molecular flexibility index (Phi) is 7.54. The molecule has 0 aliphatic carbocycles. The second-order valence-corrected chi connectivity index (χ2v) is 8.57. The van der Waals surface area contributed by atoms with Crippen molar-refractivity contribution < 1.29 is 13.2 Å². The molecule has 0 fully saturated rings. The SMILES string of the molecule is CCN(CC)S(=O)(=O)c1ccc([C@H](C)NC(=O)/C=C/c2cccc(C)c2)cc1. The summed E-state index contributed by atoms with van der Waals surface area (Å²) >= 11 is 0. The van der Waals surface area contributed by atoms with E-state index in [4.69, 9.17) is 0 Å². The van der Waals surface area contributed by atoms with E-state index in [1.54, 1.807) is 30.3 Å². The first-order valence-electron chi connectivity index (χ1n) is 9.43. The van der Waals surface area contributed by atoms with Crippen LogP contribution in [0.2, 0.25) is 0 Å². The maximum Gasteiger partial charge on any atom is 0.244 e. The zero-order valence-corrected chi connectivity index (χ0v) is 17.7. The van der Waals surface area contributed by atoms with Gasteiger partial charge < -0.3 is 5.32 Å². The predicted molar refractivity (Wildman–Crippen MR) is 113 cm³/mol. The van der Waals surface area contributed by atoms with Crippen molar-refractivity contribution in [3.8, 4) is 0 Å². The van der Waals surface area contributed by atoms with Crippen molar-refractivity contribution in [2.75, 3.05) is 13.1 Å². The first kappa shape index (κ1) is 21.9. The maximum atomic E-state index is 12.5. The fourth-order valence-corrected chi connectivity index (χ4v) is 4.39. The van der Waals surface area contributed by atoms with E-state index in [0.29, 0.717) is 13.1 Å². The minimum absolute atomic E-state index is 0.200. The van der Waals surface area contributed by atoms with E-state index in [1.165, 1.54) is 10.4 Å². The normalized spacial score (nSPS) is 13.0. The van der Waals surface area contributed by atoms with Gasteiger partial charge in [-0.05, 0) is 43.2 Å². The van der Waals surface area contributed by atoms with Crippen molar-refractivity contribution in [3.63, 3.8) is 0 Å². The van der Waals surface area contributed by atoms with Crippen LogP contribution in [0.1, 0.15) is 43.5 Å². The van der Waals surface area contributed by atoms with E-state index >= 15 is 0 Å². The standard InChI is InChI=1S/C22H28N2O3S/c1-5-24(6-2)28(26,27)21-13-11-20(12-14-21)18(4)23-22(25)15-10-19-9-7-8-17(3)16-19/h7-16,18H,5-6H2,1-4H3,(H,23,25)/b15-10+/t18-/m0/s1. The molecule has 0 heterocycles. The van der Waals surface area contributed by atoms with Crippen LogP contribution in [-0.4, -0.2) is 31.7 Å². The zero-order valence-electron chi connectivity index (χ0n) is 16.8. The van der Waals surface area contributed by atoms with Crippen LogP contribution in [-0.2, 0) is 14.8 Å². The van der Waals surface area contributed by atoms with E-state index in [-0.39, 0.29) is 16.8 Å². The smallest absolute Gasteiger partial charge is 0.244 e. The van der Waals surface area contributed by atoms with E-state index in [0.717, 1.165) is 16.7 Å². The molecular formula is C22H28N2O3S. The molecule has 0 aromatic heterocycles. The highest BCUT2D eigenvalue weighted by molar-refractivity contribution is 7.89. The third-order valence-corrected chi connectivity index (χ3v) is 6.62. The number of carbonyl (C=O) groups is 1. The molecule has 0 aliphatic rings. The van der Waals surface area contributed by atoms with Gasteiger partial charge in [-0.15, -0.1) is 0 Å². The van der Waals surface area contributed by atoms with Crippen LogP contribution in [0.25, 0.3) is 6.08 Å². The fraction of sp³-hybridized carbons (Fsp3) is 0.318. The van der Waals surface area contributed by atoms with Gasteiger partial charge in [0.2, 0.25) is 15.9 Å². The van der Waals surface area contributed by atoms with E-state index in [1.807, 2.05) is 52.0 Å². The third-order valence-electron chi connectivity index (χ3n) is 4.55. The molecular weight excluding hydrogens is 372 g/mol. The van der Waals surface area contributed by atoms with Crippen LogP contribution >= 0.6 is 0 Å². The van der Waals surface area contributed by atoms with Crippen LogP contribution in [0.3, 0.4) is 0 Å². The van der Waals surface area contributed by atoms with Gasteiger partial charge in [0.15, 0.2) is 0 Å². The highest BCUT2D eigenvalue weighted by Crippen LogP contribution is 2.19. The summed E-state index contributed by atoms with van der Waals surface area (Å²) in [4.78, 5) is 12.4. The van der Waals surface area contributed by atoms with E-state index in [9.17, 15) is 13.2 Å². The number of aryl methyl sites for hydroxylation is 1. The van der Waals surface area contributed by atoms with Crippen molar-refractivity contribution >= 4 is 22.0 Å². The number of hydrogen-bond acceptors (Lipinski definition) is 3. The summed E-state index contributed by atoms with van der Waals surface area (Å²) < 4.78 is 26.5. The first-order valence-corrected chi connectivity index (χ1v) is 10.9. The third kappa shape index (κ3) is 5.53. The summed E-state index contributed by atoms with van der Waals surface area (Å²) in [6.45, 7) is 8.37. The Morgan fingerprint density at radius 1 is 1.11 bits per heavy atom. The molecule has 28 heavy (non-hydrogen) atoms. The van der Waals surface area contributed by atoms with Gasteiger partial charge in [-0.1, -0.05) is 55.8 Å². The van der Waals surface area contributed by atoms with E-state index < -0.39 is 10.0 Å². The summed E-state index contributed by atoms with van der Waals surface area (Å²) in [6.07, 6.45) is 3.28. The number of hydrogen-bond donors (Lipinski definition) is 1. The number of nitrogens with one attached hydrogen (secondary N) is 1. The lowest BCUT2D eigenvalue weighted by Crippen LogP contribution is -2.30. The van der Waals surface area contributed by atoms with Crippen LogP contribution < -0.4 is 5.32 Å². The van der Waals surface area contributed by atoms with Gasteiger partial charge >= 0.3 is 0 Å². The van der Waals surface area contributed by atoms with Crippen LogP contribution in [0.15, 0.2) is 59.5 Å². The lowest BCUT2D eigenvalue weighted by molar-refractivity contribution is -0.117. The van der Waals surface area contributed by atoms with Gasteiger partial charge in [-0.25, -0.2) is 8.42 Å². The van der Waals surface area contributed by atoms with Gasteiger partial charge in [-0.3, -0.25) is 4.79 Å². The topological polar surface area (TPSA) is 66.5 Å². The number of nitrogens with zero attached hydrogens (tertiary/aromatic N) is 1. The number of carbonyl (C=O) groups excluding carboxylic acids is 1. The molecule has 0 spiro atoms. The lowest BCUT2D eigenvalue weighted by atomic mass is 10.1. The second kappa shape index (κ2) is 9.66. The Labute approximate surface area is 168 Å². The Balaban J connectivity index is 2.04. The Bertz CT molecular complexity index is 931. The molecule has 2 rings (SSSR count). The van der Waals surface area contributed by atoms with Crippen LogP contribution in [0.4, 0.5) is 0 Å². The first-order chi connectivity index (χ1) is 13.3. The summed E-state index contributed by atoms with van der Waals surface area (Å²) in [5, 5.41) is 2.90. The van der Waals surface area contributed by atoms with Crippen molar-refractivity contribution in [2.24, 2.45) is 0 Å². The lowest BCUT2D eigenvalue weighted by Gasteiger charge is -2.19. The quantitative estimate of drug-likeness (QED) is 0.683. The predicted octanol–water partition coefficient (Wildman–Crippen LogP) is 3.92. The highest BCUT2D eigenvalue weighted by atomic mass is 32.2. The molecule has 6 heteroatoms. The summed E-state index contributed by atoms with van der Waals surface area (Å²) in [5.41, 5.74) is 2.94.